The first-order chi connectivity index (χ1) is 13.7. The highest BCUT2D eigenvalue weighted by molar-refractivity contribution is 6.31. The van der Waals surface area contributed by atoms with Gasteiger partial charge in [-0.15, -0.1) is 0 Å². The predicted octanol–water partition coefficient (Wildman–Crippen LogP) is 7.57. The van der Waals surface area contributed by atoms with Crippen LogP contribution in [0.15, 0.2) is 89.3 Å². The van der Waals surface area contributed by atoms with Crippen LogP contribution in [0.2, 0.25) is 5.02 Å². The molecule has 0 radical (unpaired) electrons. The minimum absolute atomic E-state index is 0.273. The Labute approximate surface area is 168 Å². The molecule has 1 heterocycles. The highest BCUT2D eigenvalue weighted by Crippen LogP contribution is 2.53. The van der Waals surface area contributed by atoms with Gasteiger partial charge in [-0.05, 0) is 47.4 Å². The van der Waals surface area contributed by atoms with Crippen molar-refractivity contribution in [1.82, 2.24) is 0 Å². The number of hydrogen-bond acceptors (Lipinski definition) is 1. The van der Waals surface area contributed by atoms with E-state index < -0.39 is 0 Å². The van der Waals surface area contributed by atoms with E-state index in [0.717, 1.165) is 27.0 Å². The molecule has 4 aromatic carbocycles. The number of para-hydroxylation sites is 1. The van der Waals surface area contributed by atoms with Crippen LogP contribution in [0.1, 0.15) is 23.6 Å². The van der Waals surface area contributed by atoms with Crippen molar-refractivity contribution >= 4 is 33.5 Å². The lowest BCUT2D eigenvalue weighted by Crippen LogP contribution is -2.22. The summed E-state index contributed by atoms with van der Waals surface area (Å²) in [7, 11) is 0. The zero-order valence-corrected chi connectivity index (χ0v) is 16.1. The quantitative estimate of drug-likeness (QED) is 0.292. The molecule has 134 valence electrons. The molecule has 0 saturated carbocycles. The maximum absolute atomic E-state index is 6.39. The fraction of sp³-hybridized carbons (Fsp3) is 0.0769. The van der Waals surface area contributed by atoms with Crippen LogP contribution in [-0.4, -0.2) is 0 Å². The molecule has 0 fully saturated rings. The number of rotatable bonds is 1. The molecule has 0 N–H and O–H groups in total. The summed E-state index contributed by atoms with van der Waals surface area (Å²) in [6, 6.07) is 29.7. The lowest BCUT2D eigenvalue weighted by molar-refractivity contribution is 0.638. The Morgan fingerprint density at radius 2 is 1.32 bits per heavy atom. The van der Waals surface area contributed by atoms with Gasteiger partial charge in [0.05, 0.1) is 0 Å². The van der Waals surface area contributed by atoms with Crippen LogP contribution in [0.25, 0.3) is 33.1 Å². The van der Waals surface area contributed by atoms with Crippen molar-refractivity contribution in [3.63, 3.8) is 0 Å². The average molecular weight is 381 g/mol. The SMILES string of the molecule is CC1(c2cccc3c2oc2ccc(Cl)cc23)c2ccccc2-c2ccccc21. The number of halogens is 1. The van der Waals surface area contributed by atoms with Crippen LogP contribution < -0.4 is 0 Å². The third kappa shape index (κ3) is 1.92. The summed E-state index contributed by atoms with van der Waals surface area (Å²) in [6.45, 7) is 2.31. The first-order valence-corrected chi connectivity index (χ1v) is 9.86. The molecule has 1 aliphatic rings. The van der Waals surface area contributed by atoms with Gasteiger partial charge in [0.1, 0.15) is 11.2 Å². The third-order valence-electron chi connectivity index (χ3n) is 6.22. The molecule has 6 rings (SSSR count). The van der Waals surface area contributed by atoms with E-state index >= 15 is 0 Å². The fourth-order valence-corrected chi connectivity index (χ4v) is 5.08. The largest absolute Gasteiger partial charge is 0.456 e. The molecule has 5 aromatic rings. The molecule has 0 amide bonds. The average Bonchev–Trinajstić information content (AvgIpc) is 3.23. The standard InChI is InChI=1S/C26H17ClO/c1-26(21-10-4-2-7-17(21)18-8-3-5-11-22(18)26)23-12-6-9-19-20-15-16(27)13-14-24(20)28-25(19)23/h2-15H,1H3. The van der Waals surface area contributed by atoms with Gasteiger partial charge < -0.3 is 4.42 Å². The van der Waals surface area contributed by atoms with E-state index in [1.165, 1.54) is 27.8 Å². The van der Waals surface area contributed by atoms with Crippen LogP contribution in [0.4, 0.5) is 0 Å². The van der Waals surface area contributed by atoms with Crippen molar-refractivity contribution in [1.29, 1.82) is 0 Å². The van der Waals surface area contributed by atoms with Crippen LogP contribution in [0.5, 0.6) is 0 Å². The third-order valence-corrected chi connectivity index (χ3v) is 6.45. The molecule has 0 bridgehead atoms. The second-order valence-corrected chi connectivity index (χ2v) is 8.08. The van der Waals surface area contributed by atoms with E-state index in [1.54, 1.807) is 0 Å². The molecular formula is C26H17ClO. The summed E-state index contributed by atoms with van der Waals surface area (Å²) in [5.74, 6) is 0. The van der Waals surface area contributed by atoms with E-state index in [2.05, 4.69) is 73.7 Å². The van der Waals surface area contributed by atoms with Gasteiger partial charge in [-0.3, -0.25) is 0 Å². The van der Waals surface area contributed by atoms with Crippen molar-refractivity contribution in [2.45, 2.75) is 12.3 Å². The number of benzene rings is 4. The number of hydrogen-bond donors (Lipinski definition) is 0. The summed E-state index contributed by atoms with van der Waals surface area (Å²) in [5, 5.41) is 2.90. The van der Waals surface area contributed by atoms with Crippen molar-refractivity contribution in [3.05, 3.63) is 107 Å². The van der Waals surface area contributed by atoms with Crippen molar-refractivity contribution in [2.75, 3.05) is 0 Å². The smallest absolute Gasteiger partial charge is 0.139 e. The van der Waals surface area contributed by atoms with Gasteiger partial charge in [0.15, 0.2) is 0 Å². The molecule has 2 heteroatoms. The lowest BCUT2D eigenvalue weighted by Gasteiger charge is -2.28. The Hall–Kier alpha value is -3.03. The van der Waals surface area contributed by atoms with Gasteiger partial charge in [0, 0.05) is 26.8 Å². The first-order valence-electron chi connectivity index (χ1n) is 9.48. The summed E-state index contributed by atoms with van der Waals surface area (Å²) in [6.07, 6.45) is 0. The molecule has 0 saturated heterocycles. The number of fused-ring (bicyclic) bond motifs is 6. The molecule has 1 nitrogen and oxygen atoms in total. The first kappa shape index (κ1) is 16.0. The van der Waals surface area contributed by atoms with Gasteiger partial charge in [-0.2, -0.15) is 0 Å². The molecule has 0 unspecified atom stereocenters. The Bertz CT molecular complexity index is 1350. The molecule has 0 aliphatic heterocycles. The van der Waals surface area contributed by atoms with E-state index in [9.17, 15) is 0 Å². The molecule has 1 aromatic heterocycles. The van der Waals surface area contributed by atoms with E-state index in [4.69, 9.17) is 16.0 Å². The van der Waals surface area contributed by atoms with Gasteiger partial charge in [0.25, 0.3) is 0 Å². The summed E-state index contributed by atoms with van der Waals surface area (Å²) in [5.41, 5.74) is 7.97. The van der Waals surface area contributed by atoms with Gasteiger partial charge in [-0.25, -0.2) is 0 Å². The second kappa shape index (κ2) is 5.50. The van der Waals surface area contributed by atoms with Crippen molar-refractivity contribution in [3.8, 4) is 11.1 Å². The monoisotopic (exact) mass is 380 g/mol. The molecule has 28 heavy (non-hydrogen) atoms. The maximum atomic E-state index is 6.39. The van der Waals surface area contributed by atoms with Crippen LogP contribution in [0.3, 0.4) is 0 Å². The topological polar surface area (TPSA) is 13.1 Å². The minimum Gasteiger partial charge on any atom is -0.456 e. The lowest BCUT2D eigenvalue weighted by atomic mass is 9.74. The Kier molecular flexibility index (Phi) is 3.14. The summed E-state index contributed by atoms with van der Waals surface area (Å²) in [4.78, 5) is 0. The predicted molar refractivity (Wildman–Crippen MR) is 116 cm³/mol. The van der Waals surface area contributed by atoms with E-state index in [0.29, 0.717) is 0 Å². The van der Waals surface area contributed by atoms with Crippen molar-refractivity contribution in [2.24, 2.45) is 0 Å². The molecule has 0 atom stereocenters. The summed E-state index contributed by atoms with van der Waals surface area (Å²) >= 11 is 6.26. The van der Waals surface area contributed by atoms with Crippen LogP contribution >= 0.6 is 11.6 Å². The Morgan fingerprint density at radius 3 is 2.04 bits per heavy atom. The Morgan fingerprint density at radius 1 is 0.679 bits per heavy atom. The zero-order valence-electron chi connectivity index (χ0n) is 15.4. The molecule has 1 aliphatic carbocycles. The van der Waals surface area contributed by atoms with E-state index in [-0.39, 0.29) is 5.41 Å². The fourth-order valence-electron chi connectivity index (χ4n) is 4.91. The Balaban J connectivity index is 1.75. The zero-order chi connectivity index (χ0) is 18.9. The highest BCUT2D eigenvalue weighted by atomic mass is 35.5. The minimum atomic E-state index is -0.273. The second-order valence-electron chi connectivity index (χ2n) is 7.64. The van der Waals surface area contributed by atoms with Crippen molar-refractivity contribution < 1.29 is 4.42 Å². The van der Waals surface area contributed by atoms with E-state index in [1.807, 2.05) is 18.2 Å². The van der Waals surface area contributed by atoms with Crippen LogP contribution in [0, 0.1) is 0 Å². The molecular weight excluding hydrogens is 364 g/mol. The normalized spacial score (nSPS) is 14.4. The highest BCUT2D eigenvalue weighted by Gasteiger charge is 2.42. The summed E-state index contributed by atoms with van der Waals surface area (Å²) < 4.78 is 6.39. The van der Waals surface area contributed by atoms with Gasteiger partial charge in [-0.1, -0.05) is 78.3 Å². The maximum Gasteiger partial charge on any atom is 0.139 e. The number of furan rings is 1. The van der Waals surface area contributed by atoms with Gasteiger partial charge >= 0.3 is 0 Å². The van der Waals surface area contributed by atoms with Crippen LogP contribution in [-0.2, 0) is 5.41 Å². The molecule has 0 spiro atoms. The van der Waals surface area contributed by atoms with Gasteiger partial charge in [0.2, 0.25) is 0 Å².